The molecule has 0 saturated heterocycles. The Bertz CT molecular complexity index is 1140. The summed E-state index contributed by atoms with van der Waals surface area (Å²) < 4.78 is 3.63. The van der Waals surface area contributed by atoms with Crippen LogP contribution >= 0.6 is 0 Å². The Morgan fingerprint density at radius 3 is 1.68 bits per heavy atom. The van der Waals surface area contributed by atoms with E-state index in [1.165, 1.54) is 5.56 Å². The Kier molecular flexibility index (Phi) is 6.44. The van der Waals surface area contributed by atoms with Crippen LogP contribution in [0.25, 0.3) is 11.4 Å². The van der Waals surface area contributed by atoms with Gasteiger partial charge in [0.1, 0.15) is 0 Å². The second-order valence-electron chi connectivity index (χ2n) is 6.82. The first-order valence-electron chi connectivity index (χ1n) is 9.73. The fourth-order valence-electron chi connectivity index (χ4n) is 3.36. The molecule has 5 nitrogen and oxygen atoms in total. The van der Waals surface area contributed by atoms with Gasteiger partial charge in [-0.25, -0.2) is 0 Å². The van der Waals surface area contributed by atoms with Gasteiger partial charge in [-0.15, -0.1) is 36.4 Å². The SMILES string of the molecule is [Pt+2].[c-]1c(N(Cc2ccccc2)c2[c-]c(-n3cccn3)ccc2)cccc1-n1cccn1. The number of benzene rings is 3. The fraction of sp³-hybridized carbons (Fsp3) is 0.0400. The summed E-state index contributed by atoms with van der Waals surface area (Å²) in [5, 5.41) is 8.68. The van der Waals surface area contributed by atoms with Crippen molar-refractivity contribution in [1.29, 1.82) is 0 Å². The Morgan fingerprint density at radius 1 is 0.645 bits per heavy atom. The molecule has 0 bridgehead atoms. The molecule has 0 N–H and O–H groups in total. The molecule has 0 aliphatic rings. The van der Waals surface area contributed by atoms with E-state index in [4.69, 9.17) is 0 Å². The molecule has 0 aliphatic heterocycles. The topological polar surface area (TPSA) is 38.9 Å². The van der Waals surface area contributed by atoms with Gasteiger partial charge < -0.3 is 4.90 Å². The van der Waals surface area contributed by atoms with Gasteiger partial charge in [0.05, 0.1) is 0 Å². The summed E-state index contributed by atoms with van der Waals surface area (Å²) in [6, 6.07) is 33.4. The first-order valence-corrected chi connectivity index (χ1v) is 9.73. The van der Waals surface area contributed by atoms with Crippen molar-refractivity contribution in [2.75, 3.05) is 4.90 Å². The van der Waals surface area contributed by atoms with Crippen molar-refractivity contribution in [2.24, 2.45) is 0 Å². The van der Waals surface area contributed by atoms with Crippen LogP contribution in [-0.2, 0) is 27.6 Å². The van der Waals surface area contributed by atoms with E-state index in [1.807, 2.05) is 64.2 Å². The average molecular weight is 585 g/mol. The molecule has 154 valence electrons. The van der Waals surface area contributed by atoms with Crippen LogP contribution in [0, 0.1) is 12.1 Å². The average Bonchev–Trinajstić information content (AvgIpc) is 3.53. The summed E-state index contributed by atoms with van der Waals surface area (Å²) in [6.07, 6.45) is 7.37. The number of anilines is 2. The zero-order valence-corrected chi connectivity index (χ0v) is 18.8. The van der Waals surface area contributed by atoms with E-state index in [2.05, 4.69) is 63.6 Å². The van der Waals surface area contributed by atoms with Gasteiger partial charge in [0, 0.05) is 31.3 Å². The minimum absolute atomic E-state index is 0. The first kappa shape index (κ1) is 20.8. The van der Waals surface area contributed by atoms with Crippen LogP contribution in [0.3, 0.4) is 0 Å². The Labute approximate surface area is 195 Å². The summed E-state index contributed by atoms with van der Waals surface area (Å²) in [6.45, 7) is 0.693. The van der Waals surface area contributed by atoms with Crippen LogP contribution in [0.5, 0.6) is 0 Å². The molecule has 0 atom stereocenters. The van der Waals surface area contributed by atoms with E-state index in [0.717, 1.165) is 22.7 Å². The third-order valence-corrected chi connectivity index (χ3v) is 4.80. The number of hydrogen-bond donors (Lipinski definition) is 0. The Balaban J connectivity index is 0.00000231. The van der Waals surface area contributed by atoms with Crippen molar-refractivity contribution in [3.05, 3.63) is 121 Å². The number of hydrogen-bond acceptors (Lipinski definition) is 3. The van der Waals surface area contributed by atoms with Crippen LogP contribution in [0.2, 0.25) is 0 Å². The van der Waals surface area contributed by atoms with Crippen molar-refractivity contribution in [2.45, 2.75) is 6.54 Å². The monoisotopic (exact) mass is 584 g/mol. The summed E-state index contributed by atoms with van der Waals surface area (Å²) >= 11 is 0. The number of rotatable bonds is 6. The van der Waals surface area contributed by atoms with Gasteiger partial charge in [0.15, 0.2) is 0 Å². The molecule has 5 aromatic rings. The van der Waals surface area contributed by atoms with Crippen molar-refractivity contribution in [1.82, 2.24) is 19.6 Å². The number of nitrogens with zero attached hydrogens (tertiary/aromatic N) is 5. The molecule has 0 aliphatic carbocycles. The predicted octanol–water partition coefficient (Wildman–Crippen LogP) is 4.99. The molecule has 0 saturated carbocycles. The van der Waals surface area contributed by atoms with Gasteiger partial charge in [0.2, 0.25) is 0 Å². The standard InChI is InChI=1S/C25H19N5.Pt/c1-2-8-21(9-3-1)20-28(22-10-4-12-24(18-22)29-16-6-14-26-29)23-11-5-13-25(19-23)30-17-7-15-27-30;/h1-17H,20H2;/q-2;+2. The van der Waals surface area contributed by atoms with Crippen LogP contribution in [0.15, 0.2) is 104 Å². The smallest absolute Gasteiger partial charge is 0.383 e. The predicted molar refractivity (Wildman–Crippen MR) is 117 cm³/mol. The molecular formula is C25H19N5Pt. The van der Waals surface area contributed by atoms with E-state index < -0.39 is 0 Å². The Hall–Kier alpha value is -3.43. The fourth-order valence-corrected chi connectivity index (χ4v) is 3.36. The first-order chi connectivity index (χ1) is 14.9. The summed E-state index contributed by atoms with van der Waals surface area (Å²) in [7, 11) is 0. The molecular weight excluding hydrogens is 565 g/mol. The minimum Gasteiger partial charge on any atom is -0.383 e. The number of aromatic nitrogens is 4. The zero-order valence-electron chi connectivity index (χ0n) is 16.6. The second kappa shape index (κ2) is 9.59. The van der Waals surface area contributed by atoms with E-state index >= 15 is 0 Å². The van der Waals surface area contributed by atoms with Gasteiger partial charge in [-0.2, -0.15) is 22.3 Å². The summed E-state index contributed by atoms with van der Waals surface area (Å²) in [4.78, 5) is 2.20. The van der Waals surface area contributed by atoms with E-state index in [9.17, 15) is 0 Å². The summed E-state index contributed by atoms with van der Waals surface area (Å²) in [5.41, 5.74) is 4.87. The van der Waals surface area contributed by atoms with E-state index in [1.54, 1.807) is 12.4 Å². The van der Waals surface area contributed by atoms with Crippen LogP contribution in [0.4, 0.5) is 11.4 Å². The van der Waals surface area contributed by atoms with Gasteiger partial charge >= 0.3 is 21.1 Å². The maximum Gasteiger partial charge on any atom is 2.00 e. The normalized spacial score (nSPS) is 10.5. The van der Waals surface area contributed by atoms with Crippen molar-refractivity contribution >= 4 is 11.4 Å². The Morgan fingerprint density at radius 2 is 1.19 bits per heavy atom. The van der Waals surface area contributed by atoms with Crippen LogP contribution < -0.4 is 4.90 Å². The molecule has 2 heterocycles. The van der Waals surface area contributed by atoms with Gasteiger partial charge in [-0.1, -0.05) is 41.7 Å². The molecule has 31 heavy (non-hydrogen) atoms. The molecule has 6 heteroatoms. The molecule has 0 unspecified atom stereocenters. The quantitative estimate of drug-likeness (QED) is 0.264. The zero-order chi connectivity index (χ0) is 20.2. The second-order valence-corrected chi connectivity index (χ2v) is 6.82. The van der Waals surface area contributed by atoms with Crippen LogP contribution in [-0.4, -0.2) is 19.6 Å². The molecule has 0 fully saturated rings. The van der Waals surface area contributed by atoms with E-state index in [0.29, 0.717) is 6.54 Å². The maximum atomic E-state index is 4.34. The van der Waals surface area contributed by atoms with Crippen molar-refractivity contribution < 1.29 is 21.1 Å². The molecule has 5 rings (SSSR count). The molecule has 0 radical (unpaired) electrons. The van der Waals surface area contributed by atoms with Gasteiger partial charge in [-0.3, -0.25) is 9.36 Å². The third-order valence-electron chi connectivity index (χ3n) is 4.80. The van der Waals surface area contributed by atoms with Crippen LogP contribution in [0.1, 0.15) is 5.56 Å². The third kappa shape index (κ3) is 4.68. The minimum atomic E-state index is 0. The molecule has 0 amide bonds. The molecule has 2 aromatic heterocycles. The molecule has 0 spiro atoms. The van der Waals surface area contributed by atoms with Crippen molar-refractivity contribution in [3.8, 4) is 11.4 Å². The van der Waals surface area contributed by atoms with Crippen molar-refractivity contribution in [3.63, 3.8) is 0 Å². The summed E-state index contributed by atoms with van der Waals surface area (Å²) in [5.74, 6) is 0. The van der Waals surface area contributed by atoms with Gasteiger partial charge in [-0.05, 0) is 29.1 Å². The van der Waals surface area contributed by atoms with Gasteiger partial charge in [0.25, 0.3) is 0 Å². The largest absolute Gasteiger partial charge is 2.00 e. The maximum absolute atomic E-state index is 4.34. The van der Waals surface area contributed by atoms with E-state index in [-0.39, 0.29) is 21.1 Å². The molecule has 3 aromatic carbocycles.